The molecule has 0 aliphatic carbocycles. The first-order valence-corrected chi connectivity index (χ1v) is 21.2. The number of likely N-dealkylation sites (tertiary alicyclic amines) is 1. The summed E-state index contributed by atoms with van der Waals surface area (Å²) in [5.41, 5.74) is 3.30. The quantitative estimate of drug-likeness (QED) is 0.238. The molecule has 4 aliphatic heterocycles. The highest BCUT2D eigenvalue weighted by Gasteiger charge is 2.32. The van der Waals surface area contributed by atoms with Crippen molar-refractivity contribution in [3.63, 3.8) is 0 Å². The van der Waals surface area contributed by atoms with Gasteiger partial charge in [-0.05, 0) is 106 Å². The van der Waals surface area contributed by atoms with Crippen LogP contribution in [0.25, 0.3) is 10.9 Å². The van der Waals surface area contributed by atoms with Crippen molar-refractivity contribution in [3.8, 4) is 0 Å². The molecule has 0 unspecified atom stereocenters. The highest BCUT2D eigenvalue weighted by Crippen LogP contribution is 2.35. The third-order valence-electron chi connectivity index (χ3n) is 11.6. The monoisotopic (exact) mass is 759 g/mol. The van der Waals surface area contributed by atoms with E-state index < -0.39 is 16.1 Å². The number of rotatable bonds is 9. The fraction of sp³-hybridized carbons (Fsp3) is 0.526. The molecule has 8 rings (SSSR count). The summed E-state index contributed by atoms with van der Waals surface area (Å²) >= 11 is 1.63. The van der Waals surface area contributed by atoms with Gasteiger partial charge in [0.2, 0.25) is 15.9 Å². The molecule has 6 heterocycles. The second-order valence-corrected chi connectivity index (χ2v) is 18.3. The molecule has 282 valence electrons. The van der Waals surface area contributed by atoms with E-state index in [9.17, 15) is 18.0 Å². The Morgan fingerprint density at radius 3 is 2.42 bits per heavy atom. The first-order chi connectivity index (χ1) is 25.6. The number of imide groups is 1. The van der Waals surface area contributed by atoms with Gasteiger partial charge in [0.25, 0.3) is 0 Å². The number of carbonyl (C=O) groups excluding carboxylic acids is 2. The van der Waals surface area contributed by atoms with Gasteiger partial charge < -0.3 is 15.1 Å². The van der Waals surface area contributed by atoms with E-state index in [0.717, 1.165) is 97.8 Å². The van der Waals surface area contributed by atoms with Crippen molar-refractivity contribution in [2.24, 2.45) is 13.0 Å². The highest BCUT2D eigenvalue weighted by atomic mass is 32.2. The zero-order valence-corrected chi connectivity index (χ0v) is 32.2. The number of aryl methyl sites for hydroxylation is 2. The minimum Gasteiger partial charge on any atom is -0.371 e. The number of carbonyl (C=O) groups is 2. The average Bonchev–Trinajstić information content (AvgIpc) is 3.73. The van der Waals surface area contributed by atoms with Crippen molar-refractivity contribution in [1.82, 2.24) is 29.3 Å². The Kier molecular flexibility index (Phi) is 10.2. The van der Waals surface area contributed by atoms with E-state index in [1.165, 1.54) is 5.56 Å². The maximum Gasteiger partial charge on any atom is 0.329 e. The SMILES string of the molecule is Cc1cnc(NC2CCN(S(=O)(=O)c3cccc(N4CCC(CN5CCC(c6ccc7c(N8CCC(=O)NC8=O)nn(C)c7c6)CC5)CC4)c3)CC2)s1. The molecule has 4 aromatic rings. The van der Waals surface area contributed by atoms with Crippen LogP contribution in [-0.2, 0) is 21.9 Å². The van der Waals surface area contributed by atoms with Crippen LogP contribution in [0.15, 0.2) is 53.6 Å². The second-order valence-electron chi connectivity index (χ2n) is 15.1. The average molecular weight is 760 g/mol. The molecular weight excluding hydrogens is 711 g/mol. The predicted octanol–water partition coefficient (Wildman–Crippen LogP) is 5.15. The number of benzene rings is 2. The molecule has 0 atom stereocenters. The van der Waals surface area contributed by atoms with Crippen LogP contribution >= 0.6 is 11.3 Å². The van der Waals surface area contributed by atoms with Gasteiger partial charge in [0.1, 0.15) is 0 Å². The number of hydrogen-bond acceptors (Lipinski definition) is 10. The second kappa shape index (κ2) is 15.0. The standard InChI is InChI=1S/C38H49N9O4S2/c1-26-24-39-37(52-26)40-30-12-19-46(20-13-30)53(50,51)32-5-3-4-31(23-32)45-17-8-27(9-18-45)25-44-15-10-28(11-16-44)29-6-7-33-34(22-29)43(2)42-36(33)47-21-14-35(48)41-38(47)49/h3-7,22-24,27-28,30H,8-21,25H2,1-2H3,(H,39,40)(H,41,48,49). The number of nitrogens with zero attached hydrogens (tertiary/aromatic N) is 7. The summed E-state index contributed by atoms with van der Waals surface area (Å²) in [4.78, 5) is 36.6. The molecule has 15 heteroatoms. The Morgan fingerprint density at radius 2 is 1.70 bits per heavy atom. The van der Waals surface area contributed by atoms with Gasteiger partial charge in [-0.2, -0.15) is 9.40 Å². The number of aromatic nitrogens is 3. The third kappa shape index (κ3) is 7.66. The normalized spacial score (nSPS) is 20.7. The summed E-state index contributed by atoms with van der Waals surface area (Å²) in [6.07, 6.45) is 8.06. The first kappa shape index (κ1) is 36.0. The van der Waals surface area contributed by atoms with Crippen molar-refractivity contribution in [3.05, 3.63) is 59.1 Å². The lowest BCUT2D eigenvalue weighted by atomic mass is 9.88. The van der Waals surface area contributed by atoms with Gasteiger partial charge in [0.05, 0.1) is 10.4 Å². The molecule has 0 saturated carbocycles. The molecule has 53 heavy (non-hydrogen) atoms. The van der Waals surface area contributed by atoms with Crippen molar-refractivity contribution in [2.45, 2.75) is 68.7 Å². The summed E-state index contributed by atoms with van der Waals surface area (Å²) in [6, 6.07) is 13.9. The van der Waals surface area contributed by atoms with E-state index >= 15 is 0 Å². The number of anilines is 3. The van der Waals surface area contributed by atoms with Crippen LogP contribution in [0, 0.1) is 12.8 Å². The van der Waals surface area contributed by atoms with Crippen LogP contribution in [-0.4, -0.2) is 103 Å². The van der Waals surface area contributed by atoms with Gasteiger partial charge in [-0.3, -0.25) is 19.7 Å². The molecular formula is C38H49N9O4S2. The maximum absolute atomic E-state index is 13.7. The molecule has 0 spiro atoms. The molecule has 2 aromatic carbocycles. The third-order valence-corrected chi connectivity index (χ3v) is 14.3. The number of hydrogen-bond donors (Lipinski definition) is 2. The van der Waals surface area contributed by atoms with E-state index in [1.54, 1.807) is 26.6 Å². The van der Waals surface area contributed by atoms with E-state index in [2.05, 4.69) is 48.7 Å². The van der Waals surface area contributed by atoms with Crippen molar-refractivity contribution in [2.75, 3.05) is 67.5 Å². The van der Waals surface area contributed by atoms with Crippen LogP contribution in [0.3, 0.4) is 0 Å². The van der Waals surface area contributed by atoms with E-state index in [0.29, 0.717) is 42.2 Å². The zero-order valence-electron chi connectivity index (χ0n) is 30.5. The minimum absolute atomic E-state index is 0.232. The molecule has 2 N–H and O–H groups in total. The maximum atomic E-state index is 13.7. The van der Waals surface area contributed by atoms with Crippen LogP contribution < -0.4 is 20.4 Å². The molecule has 0 bridgehead atoms. The lowest BCUT2D eigenvalue weighted by Gasteiger charge is -2.38. The van der Waals surface area contributed by atoms with Gasteiger partial charge in [0.15, 0.2) is 10.9 Å². The molecule has 4 aliphatic rings. The summed E-state index contributed by atoms with van der Waals surface area (Å²) in [5.74, 6) is 1.45. The smallest absolute Gasteiger partial charge is 0.329 e. The Balaban J connectivity index is 0.811. The summed E-state index contributed by atoms with van der Waals surface area (Å²) in [5, 5.41) is 12.4. The summed E-state index contributed by atoms with van der Waals surface area (Å²) in [6.45, 7) is 8.48. The predicted molar refractivity (Wildman–Crippen MR) is 208 cm³/mol. The van der Waals surface area contributed by atoms with Gasteiger partial charge in [0, 0.05) is 80.9 Å². The van der Waals surface area contributed by atoms with Crippen LogP contribution in [0.4, 0.5) is 21.4 Å². The topological polar surface area (TPSA) is 136 Å². The van der Waals surface area contributed by atoms with Crippen LogP contribution in [0.1, 0.15) is 61.3 Å². The lowest BCUT2D eigenvalue weighted by molar-refractivity contribution is -0.120. The zero-order chi connectivity index (χ0) is 36.7. The number of sulfonamides is 1. The Bertz CT molecular complexity index is 2080. The number of urea groups is 1. The van der Waals surface area contributed by atoms with Crippen LogP contribution in [0.5, 0.6) is 0 Å². The van der Waals surface area contributed by atoms with Crippen LogP contribution in [0.2, 0.25) is 0 Å². The Morgan fingerprint density at radius 1 is 0.925 bits per heavy atom. The van der Waals surface area contributed by atoms with Gasteiger partial charge in [-0.1, -0.05) is 12.1 Å². The molecule has 3 amide bonds. The molecule has 4 fully saturated rings. The number of amides is 3. The minimum atomic E-state index is -3.56. The van der Waals surface area contributed by atoms with Gasteiger partial charge in [-0.25, -0.2) is 18.2 Å². The number of fused-ring (bicyclic) bond motifs is 1. The number of nitrogens with one attached hydrogen (secondary N) is 2. The van der Waals surface area contributed by atoms with Crippen molar-refractivity contribution < 1.29 is 18.0 Å². The van der Waals surface area contributed by atoms with E-state index in [1.807, 2.05) is 43.0 Å². The van der Waals surface area contributed by atoms with E-state index in [-0.39, 0.29) is 18.4 Å². The molecule has 13 nitrogen and oxygen atoms in total. The molecule has 2 aromatic heterocycles. The molecule has 4 saturated heterocycles. The van der Waals surface area contributed by atoms with Gasteiger partial charge >= 0.3 is 6.03 Å². The fourth-order valence-corrected chi connectivity index (χ4v) is 10.7. The highest BCUT2D eigenvalue weighted by molar-refractivity contribution is 7.89. The summed E-state index contributed by atoms with van der Waals surface area (Å²) < 4.78 is 30.8. The Labute approximate surface area is 315 Å². The number of piperidine rings is 3. The van der Waals surface area contributed by atoms with Crippen molar-refractivity contribution >= 4 is 60.8 Å². The van der Waals surface area contributed by atoms with E-state index in [4.69, 9.17) is 0 Å². The molecule has 0 radical (unpaired) electrons. The number of thiazole rings is 1. The van der Waals surface area contributed by atoms with Crippen molar-refractivity contribution in [1.29, 1.82) is 0 Å². The summed E-state index contributed by atoms with van der Waals surface area (Å²) in [7, 11) is -1.66. The fourth-order valence-electron chi connectivity index (χ4n) is 8.49. The largest absolute Gasteiger partial charge is 0.371 e. The lowest BCUT2D eigenvalue weighted by Crippen LogP contribution is -2.49. The first-order valence-electron chi connectivity index (χ1n) is 19.0. The van der Waals surface area contributed by atoms with Gasteiger partial charge in [-0.15, -0.1) is 11.3 Å². The Hall–Kier alpha value is -4.05.